The summed E-state index contributed by atoms with van der Waals surface area (Å²) < 4.78 is 16.8. The number of carbonyl (C=O) groups is 2. The van der Waals surface area contributed by atoms with Gasteiger partial charge in [0.15, 0.2) is 11.5 Å². The molecule has 2 rings (SSSR count). The number of anilines is 2. The van der Waals surface area contributed by atoms with Crippen molar-refractivity contribution in [3.05, 3.63) is 46.4 Å². The highest BCUT2D eigenvalue weighted by atomic mass is 79.9. The van der Waals surface area contributed by atoms with Gasteiger partial charge in [0.2, 0.25) is 11.8 Å². The van der Waals surface area contributed by atoms with Crippen molar-refractivity contribution < 1.29 is 23.8 Å². The Labute approximate surface area is 178 Å². The number of nitrogens with one attached hydrogen (secondary N) is 2. The van der Waals surface area contributed by atoms with Crippen LogP contribution in [0.1, 0.15) is 19.4 Å². The van der Waals surface area contributed by atoms with Crippen LogP contribution < -0.4 is 20.1 Å². The van der Waals surface area contributed by atoms with Crippen LogP contribution in [-0.4, -0.2) is 38.7 Å². The monoisotopic (exact) mass is 464 g/mol. The van der Waals surface area contributed by atoms with Crippen molar-refractivity contribution in [1.29, 1.82) is 0 Å². The smallest absolute Gasteiger partial charge is 0.250 e. The summed E-state index contributed by atoms with van der Waals surface area (Å²) in [6.45, 7) is 4.77. The van der Waals surface area contributed by atoms with Gasteiger partial charge in [0.05, 0.1) is 19.6 Å². The second-order valence-corrected chi connectivity index (χ2v) is 6.90. The molecule has 0 atom stereocenters. The van der Waals surface area contributed by atoms with Gasteiger partial charge >= 0.3 is 0 Å². The van der Waals surface area contributed by atoms with E-state index in [1.165, 1.54) is 7.11 Å². The molecular weight excluding hydrogens is 440 g/mol. The molecule has 8 heteroatoms. The molecule has 2 aromatic rings. The Hall–Kier alpha value is -2.58. The number of hydrogen-bond donors (Lipinski definition) is 2. The molecule has 2 amide bonds. The molecule has 0 spiro atoms. The second-order valence-electron chi connectivity index (χ2n) is 6.04. The minimum absolute atomic E-state index is 0.0372. The number of hydrogen-bond acceptors (Lipinski definition) is 5. The van der Waals surface area contributed by atoms with Crippen molar-refractivity contribution in [2.75, 3.05) is 37.6 Å². The molecule has 156 valence electrons. The molecule has 0 aromatic heterocycles. The van der Waals surface area contributed by atoms with E-state index in [2.05, 4.69) is 26.6 Å². The summed E-state index contributed by atoms with van der Waals surface area (Å²) in [5, 5.41) is 5.54. The predicted molar refractivity (Wildman–Crippen MR) is 116 cm³/mol. The van der Waals surface area contributed by atoms with Gasteiger partial charge < -0.3 is 24.8 Å². The maximum absolute atomic E-state index is 12.5. The maximum atomic E-state index is 12.5. The number of ether oxygens (including phenoxy) is 3. The van der Waals surface area contributed by atoms with Gasteiger partial charge in [-0.3, -0.25) is 9.59 Å². The summed E-state index contributed by atoms with van der Waals surface area (Å²) in [5.41, 5.74) is 1.93. The fraction of sp³-hybridized carbons (Fsp3) is 0.333. The minimum atomic E-state index is -0.266. The Morgan fingerprint density at radius 2 is 1.52 bits per heavy atom. The average molecular weight is 465 g/mol. The van der Waals surface area contributed by atoms with Crippen LogP contribution in [0, 0.1) is 0 Å². The number of amides is 2. The summed E-state index contributed by atoms with van der Waals surface area (Å²) >= 11 is 3.49. The summed E-state index contributed by atoms with van der Waals surface area (Å²) in [7, 11) is 1.45. The highest BCUT2D eigenvalue weighted by Gasteiger charge is 2.14. The average Bonchev–Trinajstić information content (AvgIpc) is 2.66. The number of methoxy groups -OCH3 is 1. The first-order chi connectivity index (χ1) is 14.0. The number of benzene rings is 2. The van der Waals surface area contributed by atoms with Crippen molar-refractivity contribution in [2.45, 2.75) is 20.3 Å². The van der Waals surface area contributed by atoms with E-state index in [0.717, 1.165) is 10.0 Å². The molecule has 0 saturated heterocycles. The van der Waals surface area contributed by atoms with Gasteiger partial charge in [-0.25, -0.2) is 0 Å². The van der Waals surface area contributed by atoms with Gasteiger partial charge in [-0.1, -0.05) is 22.0 Å². The lowest BCUT2D eigenvalue weighted by molar-refractivity contribution is -0.119. The van der Waals surface area contributed by atoms with Crippen LogP contribution >= 0.6 is 15.9 Å². The standard InChI is InChI=1S/C21H25BrN2O5/c1-4-28-18-9-14(17(22)12-19(18)29-5-2)10-20(25)23-15-7-6-8-16(11-15)24-21(26)13-27-3/h6-9,11-12H,4-5,10,13H2,1-3H3,(H,23,25)(H,24,26). The third-order valence-corrected chi connectivity index (χ3v) is 4.51. The molecule has 0 heterocycles. The summed E-state index contributed by atoms with van der Waals surface area (Å²) in [6.07, 6.45) is 0.146. The number of carbonyl (C=O) groups excluding carboxylic acids is 2. The van der Waals surface area contributed by atoms with E-state index < -0.39 is 0 Å². The largest absolute Gasteiger partial charge is 0.490 e. The lowest BCUT2D eigenvalue weighted by atomic mass is 10.1. The highest BCUT2D eigenvalue weighted by molar-refractivity contribution is 9.10. The van der Waals surface area contributed by atoms with Crippen molar-refractivity contribution in [3.8, 4) is 11.5 Å². The summed E-state index contributed by atoms with van der Waals surface area (Å²) in [4.78, 5) is 24.2. The Morgan fingerprint density at radius 3 is 2.10 bits per heavy atom. The van der Waals surface area contributed by atoms with Gasteiger partial charge in [-0.2, -0.15) is 0 Å². The van der Waals surface area contributed by atoms with E-state index in [1.807, 2.05) is 19.9 Å². The van der Waals surface area contributed by atoms with E-state index in [0.29, 0.717) is 36.1 Å². The van der Waals surface area contributed by atoms with Crippen molar-refractivity contribution in [1.82, 2.24) is 0 Å². The number of rotatable bonds is 10. The zero-order valence-corrected chi connectivity index (χ0v) is 18.3. The molecule has 0 unspecified atom stereocenters. The Bertz CT molecular complexity index is 857. The Balaban J connectivity index is 2.09. The summed E-state index contributed by atoms with van der Waals surface area (Å²) in [5.74, 6) is 0.767. The molecule has 0 fully saturated rings. The van der Waals surface area contributed by atoms with Crippen LogP contribution in [0.3, 0.4) is 0 Å². The zero-order chi connectivity index (χ0) is 21.2. The first-order valence-corrected chi connectivity index (χ1v) is 10.0. The molecule has 7 nitrogen and oxygen atoms in total. The molecular formula is C21H25BrN2O5. The normalized spacial score (nSPS) is 10.3. The molecule has 0 radical (unpaired) electrons. The lowest BCUT2D eigenvalue weighted by Crippen LogP contribution is -2.18. The molecule has 0 saturated carbocycles. The molecule has 2 N–H and O–H groups in total. The molecule has 2 aromatic carbocycles. The van der Waals surface area contributed by atoms with Crippen molar-refractivity contribution in [2.24, 2.45) is 0 Å². The van der Waals surface area contributed by atoms with E-state index in [4.69, 9.17) is 14.2 Å². The predicted octanol–water partition coefficient (Wildman–Crippen LogP) is 4.01. The van der Waals surface area contributed by atoms with Crippen molar-refractivity contribution >= 4 is 39.1 Å². The van der Waals surface area contributed by atoms with Crippen LogP contribution in [0.2, 0.25) is 0 Å². The van der Waals surface area contributed by atoms with E-state index in [-0.39, 0.29) is 24.8 Å². The van der Waals surface area contributed by atoms with Crippen molar-refractivity contribution in [3.63, 3.8) is 0 Å². The van der Waals surface area contributed by atoms with Crippen LogP contribution in [-0.2, 0) is 20.7 Å². The highest BCUT2D eigenvalue weighted by Crippen LogP contribution is 2.34. The first-order valence-electron chi connectivity index (χ1n) is 9.23. The third-order valence-electron chi connectivity index (χ3n) is 3.77. The third kappa shape index (κ3) is 7.07. The Morgan fingerprint density at radius 1 is 0.931 bits per heavy atom. The quantitative estimate of drug-likeness (QED) is 0.554. The molecule has 0 aliphatic carbocycles. The van der Waals surface area contributed by atoms with E-state index in [1.54, 1.807) is 30.3 Å². The fourth-order valence-corrected chi connectivity index (χ4v) is 3.09. The molecule has 0 bridgehead atoms. The fourth-order valence-electron chi connectivity index (χ4n) is 2.63. The molecule has 0 aliphatic heterocycles. The van der Waals surface area contributed by atoms with Gasteiger partial charge in [0, 0.05) is 23.0 Å². The first kappa shape index (κ1) is 22.7. The minimum Gasteiger partial charge on any atom is -0.490 e. The molecule has 0 aliphatic rings. The van der Waals surface area contributed by atoms with Crippen LogP contribution in [0.5, 0.6) is 11.5 Å². The van der Waals surface area contributed by atoms with Crippen LogP contribution in [0.25, 0.3) is 0 Å². The summed E-state index contributed by atoms with van der Waals surface area (Å²) in [6, 6.07) is 10.5. The van der Waals surface area contributed by atoms with Crippen LogP contribution in [0.15, 0.2) is 40.9 Å². The second kappa shape index (κ2) is 11.4. The zero-order valence-electron chi connectivity index (χ0n) is 16.7. The SMILES string of the molecule is CCOc1cc(Br)c(CC(=O)Nc2cccc(NC(=O)COC)c2)cc1OCC. The van der Waals surface area contributed by atoms with Gasteiger partial charge in [0.1, 0.15) is 6.61 Å². The van der Waals surface area contributed by atoms with Gasteiger partial charge in [0.25, 0.3) is 0 Å². The Kier molecular flexibility index (Phi) is 8.95. The maximum Gasteiger partial charge on any atom is 0.250 e. The van der Waals surface area contributed by atoms with Gasteiger partial charge in [-0.15, -0.1) is 0 Å². The lowest BCUT2D eigenvalue weighted by Gasteiger charge is -2.14. The van der Waals surface area contributed by atoms with Crippen LogP contribution in [0.4, 0.5) is 11.4 Å². The van der Waals surface area contributed by atoms with Gasteiger partial charge in [-0.05, 0) is 49.7 Å². The topological polar surface area (TPSA) is 85.9 Å². The van der Waals surface area contributed by atoms with E-state index >= 15 is 0 Å². The number of halogens is 1. The van der Waals surface area contributed by atoms with E-state index in [9.17, 15) is 9.59 Å². The molecule has 29 heavy (non-hydrogen) atoms.